The Morgan fingerprint density at radius 3 is 2.46 bits per heavy atom. The van der Waals surface area contributed by atoms with E-state index in [4.69, 9.17) is 0 Å². The molecule has 0 spiro atoms. The van der Waals surface area contributed by atoms with Gasteiger partial charge in [-0.2, -0.15) is 0 Å². The number of thiophene rings is 1. The minimum atomic E-state index is -0.570. The molecule has 0 saturated carbocycles. The first-order valence-corrected chi connectivity index (χ1v) is 10.2. The third-order valence-corrected chi connectivity index (χ3v) is 6.23. The van der Waals surface area contributed by atoms with Crippen LogP contribution in [0.4, 0.5) is 0 Å². The third kappa shape index (κ3) is 4.09. The molecule has 1 unspecified atom stereocenters. The zero-order valence-electron chi connectivity index (χ0n) is 15.7. The van der Waals surface area contributed by atoms with E-state index in [0.29, 0.717) is 32.1 Å². The second-order valence-corrected chi connectivity index (χ2v) is 8.76. The monoisotopic (exact) mass is 377 g/mol. The molecule has 2 aliphatic rings. The molecule has 3 rings (SSSR count). The minimum Gasteiger partial charge on any atom is -0.346 e. The smallest absolute Gasteiger partial charge is 0.312 e. The van der Waals surface area contributed by atoms with Crippen LogP contribution in [0.25, 0.3) is 0 Å². The summed E-state index contributed by atoms with van der Waals surface area (Å²) in [6.07, 6.45) is 3.33. The molecule has 26 heavy (non-hydrogen) atoms. The lowest BCUT2D eigenvalue weighted by Crippen LogP contribution is -2.54. The first kappa shape index (κ1) is 18.9. The van der Waals surface area contributed by atoms with E-state index in [1.807, 2.05) is 13.8 Å². The maximum absolute atomic E-state index is 12.8. The molecule has 1 aromatic heterocycles. The van der Waals surface area contributed by atoms with Gasteiger partial charge in [0.05, 0.1) is 4.88 Å². The Morgan fingerprint density at radius 1 is 1.15 bits per heavy atom. The maximum Gasteiger partial charge on any atom is 0.312 e. The number of amides is 3. The van der Waals surface area contributed by atoms with Crippen molar-refractivity contribution < 1.29 is 14.4 Å². The van der Waals surface area contributed by atoms with Crippen LogP contribution < -0.4 is 5.32 Å². The minimum absolute atomic E-state index is 0.0517. The molecule has 7 heteroatoms. The molecule has 0 bridgehead atoms. The van der Waals surface area contributed by atoms with E-state index in [2.05, 4.69) is 18.3 Å². The van der Waals surface area contributed by atoms with Gasteiger partial charge < -0.3 is 15.1 Å². The van der Waals surface area contributed by atoms with Crippen LogP contribution in [0.5, 0.6) is 0 Å². The van der Waals surface area contributed by atoms with Crippen LogP contribution >= 0.6 is 11.3 Å². The summed E-state index contributed by atoms with van der Waals surface area (Å²) < 4.78 is 0. The molecular formula is C19H27N3O3S. The van der Waals surface area contributed by atoms with Gasteiger partial charge in [-0.05, 0) is 50.7 Å². The molecule has 3 amide bonds. The largest absolute Gasteiger partial charge is 0.346 e. The summed E-state index contributed by atoms with van der Waals surface area (Å²) in [6, 6.07) is 1.99. The van der Waals surface area contributed by atoms with Crippen molar-refractivity contribution >= 4 is 29.1 Å². The highest BCUT2D eigenvalue weighted by atomic mass is 32.1. The van der Waals surface area contributed by atoms with Crippen LogP contribution in [0.1, 0.15) is 47.3 Å². The number of fused-ring (bicyclic) bond motifs is 1. The lowest BCUT2D eigenvalue weighted by molar-refractivity contribution is -0.147. The summed E-state index contributed by atoms with van der Waals surface area (Å²) in [4.78, 5) is 42.3. The first-order valence-electron chi connectivity index (χ1n) is 9.35. The van der Waals surface area contributed by atoms with Crippen molar-refractivity contribution in [2.45, 2.75) is 46.1 Å². The molecule has 1 N–H and O–H groups in total. The van der Waals surface area contributed by atoms with Crippen molar-refractivity contribution in [1.82, 2.24) is 15.1 Å². The Labute approximate surface area is 158 Å². The highest BCUT2D eigenvalue weighted by Crippen LogP contribution is 2.32. The molecule has 1 aromatic rings. The predicted octanol–water partition coefficient (Wildman–Crippen LogP) is 1.68. The molecule has 0 radical (unpaired) electrons. The Morgan fingerprint density at radius 2 is 1.81 bits per heavy atom. The van der Waals surface area contributed by atoms with Gasteiger partial charge in [0.25, 0.3) is 5.91 Å². The fourth-order valence-electron chi connectivity index (χ4n) is 3.55. The number of hydrogen-bond acceptors (Lipinski definition) is 4. The van der Waals surface area contributed by atoms with Gasteiger partial charge in [-0.15, -0.1) is 11.3 Å². The highest BCUT2D eigenvalue weighted by molar-refractivity contribution is 7.14. The van der Waals surface area contributed by atoms with Crippen molar-refractivity contribution in [3.8, 4) is 0 Å². The molecule has 142 valence electrons. The SMILES string of the molecule is CC1CCc2sc(C(=O)N3CCN(C(=O)C(=O)NC(C)C)CC3)cc2C1. The second kappa shape index (κ2) is 7.78. The Kier molecular flexibility index (Phi) is 5.65. The summed E-state index contributed by atoms with van der Waals surface area (Å²) in [6.45, 7) is 7.65. The fourth-order valence-corrected chi connectivity index (χ4v) is 4.72. The van der Waals surface area contributed by atoms with Gasteiger partial charge in [0.1, 0.15) is 0 Å². The lowest BCUT2D eigenvalue weighted by Gasteiger charge is -2.34. The lowest BCUT2D eigenvalue weighted by atomic mass is 9.90. The number of nitrogens with zero attached hydrogens (tertiary/aromatic N) is 2. The van der Waals surface area contributed by atoms with Gasteiger partial charge >= 0.3 is 11.8 Å². The molecule has 1 fully saturated rings. The Bertz CT molecular complexity index is 705. The van der Waals surface area contributed by atoms with Crippen LogP contribution in [0, 0.1) is 5.92 Å². The summed E-state index contributed by atoms with van der Waals surface area (Å²) >= 11 is 1.62. The average Bonchev–Trinajstić information content (AvgIpc) is 3.03. The van der Waals surface area contributed by atoms with E-state index in [9.17, 15) is 14.4 Å². The van der Waals surface area contributed by atoms with Crippen molar-refractivity contribution in [1.29, 1.82) is 0 Å². The maximum atomic E-state index is 12.8. The van der Waals surface area contributed by atoms with Crippen LogP contribution in [0.2, 0.25) is 0 Å². The van der Waals surface area contributed by atoms with Crippen molar-refractivity contribution in [2.75, 3.05) is 26.2 Å². The molecule has 1 aliphatic carbocycles. The molecular weight excluding hydrogens is 350 g/mol. The third-order valence-electron chi connectivity index (χ3n) is 5.01. The number of carbonyl (C=O) groups excluding carboxylic acids is 3. The van der Waals surface area contributed by atoms with Crippen LogP contribution in [0.15, 0.2) is 6.07 Å². The first-order chi connectivity index (χ1) is 12.3. The molecule has 6 nitrogen and oxygen atoms in total. The molecule has 2 heterocycles. The van der Waals surface area contributed by atoms with E-state index in [1.165, 1.54) is 21.8 Å². The number of aryl methyl sites for hydroxylation is 1. The number of carbonyl (C=O) groups is 3. The van der Waals surface area contributed by atoms with E-state index >= 15 is 0 Å². The van der Waals surface area contributed by atoms with E-state index < -0.39 is 11.8 Å². The summed E-state index contributed by atoms with van der Waals surface area (Å²) in [7, 11) is 0. The van der Waals surface area contributed by atoms with Gasteiger partial charge in [-0.25, -0.2) is 0 Å². The van der Waals surface area contributed by atoms with Gasteiger partial charge in [0.2, 0.25) is 0 Å². The normalized spacial score (nSPS) is 20.1. The number of hydrogen-bond donors (Lipinski definition) is 1. The summed E-state index contributed by atoms with van der Waals surface area (Å²) in [5, 5.41) is 2.62. The highest BCUT2D eigenvalue weighted by Gasteiger charge is 2.30. The Balaban J connectivity index is 1.57. The number of piperazine rings is 1. The van der Waals surface area contributed by atoms with Gasteiger partial charge in [0.15, 0.2) is 0 Å². The fraction of sp³-hybridized carbons (Fsp3) is 0.632. The summed E-state index contributed by atoms with van der Waals surface area (Å²) in [5.74, 6) is -0.339. The number of nitrogens with one attached hydrogen (secondary N) is 1. The molecule has 1 atom stereocenters. The van der Waals surface area contributed by atoms with Crippen LogP contribution in [-0.2, 0) is 22.4 Å². The van der Waals surface area contributed by atoms with Crippen molar-refractivity contribution in [3.63, 3.8) is 0 Å². The second-order valence-electron chi connectivity index (χ2n) is 7.62. The van der Waals surface area contributed by atoms with Gasteiger partial charge in [-0.3, -0.25) is 14.4 Å². The van der Waals surface area contributed by atoms with E-state index in [-0.39, 0.29) is 11.9 Å². The zero-order chi connectivity index (χ0) is 18.8. The Hall–Kier alpha value is -1.89. The van der Waals surface area contributed by atoms with Gasteiger partial charge in [-0.1, -0.05) is 6.92 Å². The summed E-state index contributed by atoms with van der Waals surface area (Å²) in [5.41, 5.74) is 1.33. The molecule has 0 aromatic carbocycles. The number of rotatable bonds is 2. The van der Waals surface area contributed by atoms with E-state index in [0.717, 1.165) is 17.7 Å². The van der Waals surface area contributed by atoms with Crippen LogP contribution in [-0.4, -0.2) is 59.7 Å². The van der Waals surface area contributed by atoms with E-state index in [1.54, 1.807) is 16.2 Å². The van der Waals surface area contributed by atoms with Crippen LogP contribution in [0.3, 0.4) is 0 Å². The van der Waals surface area contributed by atoms with Gasteiger partial charge in [0, 0.05) is 37.1 Å². The molecule has 1 saturated heterocycles. The van der Waals surface area contributed by atoms with Crippen molar-refractivity contribution in [3.05, 3.63) is 21.4 Å². The zero-order valence-corrected chi connectivity index (χ0v) is 16.5. The predicted molar refractivity (Wildman–Crippen MR) is 101 cm³/mol. The van der Waals surface area contributed by atoms with Crippen molar-refractivity contribution in [2.24, 2.45) is 5.92 Å². The standard InChI is InChI=1S/C19H27N3O3S/c1-12(2)20-17(23)19(25)22-8-6-21(7-9-22)18(24)16-11-14-10-13(3)4-5-15(14)26-16/h11-13H,4-10H2,1-3H3,(H,20,23). The quantitative estimate of drug-likeness (QED) is 0.798. The average molecular weight is 378 g/mol. The molecule has 1 aliphatic heterocycles. The topological polar surface area (TPSA) is 69.7 Å².